The molecule has 0 bridgehead atoms. The van der Waals surface area contributed by atoms with Crippen molar-refractivity contribution < 1.29 is 13.2 Å². The molecule has 3 rings (SSSR count). The Balaban J connectivity index is 1.78. The van der Waals surface area contributed by atoms with E-state index in [1.165, 1.54) is 16.6 Å². The molecule has 1 saturated heterocycles. The van der Waals surface area contributed by atoms with Crippen molar-refractivity contribution in [2.45, 2.75) is 30.7 Å². The number of carbonyl (C=O) groups excluding carboxylic acids is 1. The Hall–Kier alpha value is -1.64. The molecule has 1 amide bonds. The van der Waals surface area contributed by atoms with Gasteiger partial charge in [-0.05, 0) is 43.5 Å². The van der Waals surface area contributed by atoms with E-state index in [9.17, 15) is 13.2 Å². The van der Waals surface area contributed by atoms with Gasteiger partial charge in [-0.15, -0.1) is 0 Å². The third kappa shape index (κ3) is 3.87. The van der Waals surface area contributed by atoms with E-state index in [0.29, 0.717) is 18.8 Å². The van der Waals surface area contributed by atoms with Crippen molar-refractivity contribution in [2.24, 2.45) is 7.05 Å². The molecule has 0 radical (unpaired) electrons. The van der Waals surface area contributed by atoms with Gasteiger partial charge in [-0.2, -0.15) is 4.31 Å². The molecule has 1 aliphatic rings. The Kier molecular flexibility index (Phi) is 5.55. The molecule has 2 heterocycles. The molecule has 1 atom stereocenters. The number of halogens is 1. The number of benzene rings is 1. The number of nitrogens with zero attached hydrogens (tertiary/aromatic N) is 2. The summed E-state index contributed by atoms with van der Waals surface area (Å²) in [5.74, 6) is -0.300. The van der Waals surface area contributed by atoms with Crippen LogP contribution in [0.2, 0.25) is 0 Å². The molecule has 1 aromatic carbocycles. The molecule has 1 aromatic heterocycles. The van der Waals surface area contributed by atoms with Gasteiger partial charge in [0.15, 0.2) is 0 Å². The molecule has 1 fully saturated rings. The number of aromatic nitrogens is 1. The monoisotopic (exact) mass is 439 g/mol. The average molecular weight is 440 g/mol. The quantitative estimate of drug-likeness (QED) is 0.777. The fourth-order valence-corrected chi connectivity index (χ4v) is 4.94. The summed E-state index contributed by atoms with van der Waals surface area (Å²) in [5.41, 5.74) is 1.30. The van der Waals surface area contributed by atoms with Gasteiger partial charge in [0.2, 0.25) is 10.0 Å². The van der Waals surface area contributed by atoms with Crippen LogP contribution < -0.4 is 5.32 Å². The van der Waals surface area contributed by atoms with Gasteiger partial charge in [0.25, 0.3) is 5.91 Å². The number of carbonyl (C=O) groups is 1. The van der Waals surface area contributed by atoms with Crippen LogP contribution in [-0.4, -0.2) is 36.3 Å². The van der Waals surface area contributed by atoms with E-state index < -0.39 is 10.0 Å². The smallest absolute Gasteiger partial charge is 0.268 e. The van der Waals surface area contributed by atoms with E-state index in [1.807, 2.05) is 31.2 Å². The van der Waals surface area contributed by atoms with Crippen molar-refractivity contribution in [2.75, 3.05) is 13.1 Å². The number of hydrogen-bond acceptors (Lipinski definition) is 3. The molecule has 6 nitrogen and oxygen atoms in total. The highest BCUT2D eigenvalue weighted by molar-refractivity contribution is 9.10. The second kappa shape index (κ2) is 7.54. The lowest BCUT2D eigenvalue weighted by Gasteiger charge is -2.15. The Bertz CT molecular complexity index is 900. The molecule has 2 aromatic rings. The summed E-state index contributed by atoms with van der Waals surface area (Å²) < 4.78 is 29.4. The Labute approximate surface area is 162 Å². The summed E-state index contributed by atoms with van der Waals surface area (Å²) in [4.78, 5) is 12.8. The summed E-state index contributed by atoms with van der Waals surface area (Å²) in [5, 5.41) is 2.92. The number of nitrogens with one attached hydrogen (secondary N) is 1. The first kappa shape index (κ1) is 19.1. The van der Waals surface area contributed by atoms with Gasteiger partial charge in [-0.3, -0.25) is 4.79 Å². The van der Waals surface area contributed by atoms with E-state index in [1.54, 1.807) is 11.6 Å². The molecule has 0 saturated carbocycles. The Morgan fingerprint density at radius 2 is 1.81 bits per heavy atom. The van der Waals surface area contributed by atoms with Crippen molar-refractivity contribution in [3.63, 3.8) is 0 Å². The molecule has 0 aliphatic carbocycles. The predicted molar refractivity (Wildman–Crippen MR) is 103 cm³/mol. The van der Waals surface area contributed by atoms with Crippen LogP contribution in [-0.2, 0) is 17.1 Å². The van der Waals surface area contributed by atoms with Gasteiger partial charge in [-0.1, -0.05) is 28.1 Å². The van der Waals surface area contributed by atoms with Crippen LogP contribution in [0.4, 0.5) is 0 Å². The molecular formula is C18H22BrN3O3S. The van der Waals surface area contributed by atoms with E-state index in [4.69, 9.17) is 0 Å². The number of aryl methyl sites for hydroxylation is 1. The van der Waals surface area contributed by atoms with Gasteiger partial charge >= 0.3 is 0 Å². The van der Waals surface area contributed by atoms with Crippen molar-refractivity contribution >= 4 is 31.9 Å². The van der Waals surface area contributed by atoms with Gasteiger partial charge < -0.3 is 9.88 Å². The first-order valence-corrected chi connectivity index (χ1v) is 10.7. The van der Waals surface area contributed by atoms with Crippen LogP contribution in [0.15, 0.2) is 45.9 Å². The lowest BCUT2D eigenvalue weighted by molar-refractivity contribution is 0.0931. The minimum Gasteiger partial charge on any atom is -0.345 e. The fraction of sp³-hybridized carbons (Fsp3) is 0.389. The first-order valence-electron chi connectivity index (χ1n) is 8.52. The van der Waals surface area contributed by atoms with Crippen molar-refractivity contribution in [3.8, 4) is 0 Å². The normalized spacial score (nSPS) is 16.6. The summed E-state index contributed by atoms with van der Waals surface area (Å²) in [6, 6.07) is 8.97. The highest BCUT2D eigenvalue weighted by Crippen LogP contribution is 2.23. The van der Waals surface area contributed by atoms with Crippen molar-refractivity contribution in [1.29, 1.82) is 0 Å². The highest BCUT2D eigenvalue weighted by Gasteiger charge is 2.29. The number of sulfonamides is 1. The Morgan fingerprint density at radius 3 is 2.42 bits per heavy atom. The molecule has 140 valence electrons. The fourth-order valence-electron chi connectivity index (χ4n) is 3.08. The first-order chi connectivity index (χ1) is 12.3. The molecule has 0 spiro atoms. The average Bonchev–Trinajstić information content (AvgIpc) is 3.25. The molecule has 1 N–H and O–H groups in total. The zero-order valence-corrected chi connectivity index (χ0v) is 17.2. The summed E-state index contributed by atoms with van der Waals surface area (Å²) in [6.07, 6.45) is 3.26. The van der Waals surface area contributed by atoms with Crippen molar-refractivity contribution in [3.05, 3.63) is 52.3 Å². The number of rotatable bonds is 5. The largest absolute Gasteiger partial charge is 0.345 e. The van der Waals surface area contributed by atoms with Gasteiger partial charge in [0.1, 0.15) is 10.6 Å². The van der Waals surface area contributed by atoms with Crippen LogP contribution in [0.3, 0.4) is 0 Å². The molecule has 8 heteroatoms. The topological polar surface area (TPSA) is 71.4 Å². The summed E-state index contributed by atoms with van der Waals surface area (Å²) in [7, 11) is -1.85. The maximum atomic E-state index is 12.7. The lowest BCUT2D eigenvalue weighted by Crippen LogP contribution is -2.28. The van der Waals surface area contributed by atoms with Gasteiger partial charge in [-0.25, -0.2) is 8.42 Å². The summed E-state index contributed by atoms with van der Waals surface area (Å²) in [6.45, 7) is 2.98. The van der Waals surface area contributed by atoms with Gasteiger partial charge in [0.05, 0.1) is 6.04 Å². The van der Waals surface area contributed by atoms with Crippen LogP contribution >= 0.6 is 15.9 Å². The van der Waals surface area contributed by atoms with E-state index >= 15 is 0 Å². The van der Waals surface area contributed by atoms with Gasteiger partial charge in [0, 0.05) is 30.8 Å². The SMILES string of the molecule is CC(NC(=O)c1cc(S(=O)(=O)N2CCCC2)cn1C)c1ccc(Br)cc1. The van der Waals surface area contributed by atoms with E-state index in [-0.39, 0.29) is 16.8 Å². The highest BCUT2D eigenvalue weighted by atomic mass is 79.9. The number of amides is 1. The zero-order chi connectivity index (χ0) is 18.9. The third-order valence-electron chi connectivity index (χ3n) is 4.63. The van der Waals surface area contributed by atoms with Crippen molar-refractivity contribution in [1.82, 2.24) is 14.2 Å². The van der Waals surface area contributed by atoms with E-state index in [0.717, 1.165) is 22.9 Å². The maximum absolute atomic E-state index is 12.7. The summed E-state index contributed by atoms with van der Waals surface area (Å²) >= 11 is 3.39. The Morgan fingerprint density at radius 1 is 1.19 bits per heavy atom. The minimum atomic E-state index is -3.53. The molecule has 26 heavy (non-hydrogen) atoms. The molecule has 1 unspecified atom stereocenters. The molecule has 1 aliphatic heterocycles. The zero-order valence-electron chi connectivity index (χ0n) is 14.8. The minimum absolute atomic E-state index is 0.170. The van der Waals surface area contributed by atoms with E-state index in [2.05, 4.69) is 21.2 Å². The number of hydrogen-bond donors (Lipinski definition) is 1. The van der Waals surface area contributed by atoms with Crippen LogP contribution in [0.1, 0.15) is 41.9 Å². The second-order valence-electron chi connectivity index (χ2n) is 6.53. The second-order valence-corrected chi connectivity index (χ2v) is 9.38. The standard InChI is InChI=1S/C18H22BrN3O3S/c1-13(14-5-7-15(19)8-6-14)20-18(23)17-11-16(12-21(17)2)26(24,25)22-9-3-4-10-22/h5-8,11-13H,3-4,9-10H2,1-2H3,(H,20,23). The van der Waals surface area contributed by atoms with Crippen LogP contribution in [0, 0.1) is 0 Å². The molecular weight excluding hydrogens is 418 g/mol. The third-order valence-corrected chi connectivity index (χ3v) is 7.03. The van der Waals surface area contributed by atoms with Crippen LogP contribution in [0.25, 0.3) is 0 Å². The van der Waals surface area contributed by atoms with Crippen LogP contribution in [0.5, 0.6) is 0 Å². The maximum Gasteiger partial charge on any atom is 0.268 e. The predicted octanol–water partition coefficient (Wildman–Crippen LogP) is 3.06. The lowest BCUT2D eigenvalue weighted by atomic mass is 10.1.